The second kappa shape index (κ2) is 14.5. The van der Waals surface area contributed by atoms with Gasteiger partial charge < -0.3 is 10.2 Å². The summed E-state index contributed by atoms with van der Waals surface area (Å²) in [5.41, 5.74) is 5.23. The normalized spacial score (nSPS) is 13.9. The van der Waals surface area contributed by atoms with Gasteiger partial charge in [0.1, 0.15) is 0 Å². The first-order valence-corrected chi connectivity index (χ1v) is 13.1. The summed E-state index contributed by atoms with van der Waals surface area (Å²) in [5.74, 6) is -2.83. The van der Waals surface area contributed by atoms with Crippen LogP contribution in [0.15, 0.2) is 78.9 Å². The van der Waals surface area contributed by atoms with Crippen molar-refractivity contribution in [2.24, 2.45) is 5.92 Å². The van der Waals surface area contributed by atoms with E-state index in [1.807, 2.05) is 12.1 Å². The van der Waals surface area contributed by atoms with Crippen molar-refractivity contribution in [2.45, 2.75) is 51.2 Å². The molecule has 0 saturated heterocycles. The smallest absolute Gasteiger partial charge is 0.478 e. The molecule has 208 valence electrons. The fourth-order valence-corrected chi connectivity index (χ4v) is 4.81. The van der Waals surface area contributed by atoms with Crippen LogP contribution in [0.2, 0.25) is 0 Å². The van der Waals surface area contributed by atoms with Crippen molar-refractivity contribution in [3.63, 3.8) is 0 Å². The van der Waals surface area contributed by atoms with Crippen LogP contribution < -0.4 is 0 Å². The Labute approximate surface area is 226 Å². The van der Waals surface area contributed by atoms with E-state index in [2.05, 4.69) is 59.5 Å². The van der Waals surface area contributed by atoms with Crippen LogP contribution in [0, 0.1) is 5.92 Å². The lowest BCUT2D eigenvalue weighted by Gasteiger charge is -2.30. The highest BCUT2D eigenvalue weighted by Crippen LogP contribution is 2.26. The summed E-state index contributed by atoms with van der Waals surface area (Å²) in [5, 5.41) is 16.3. The zero-order valence-electron chi connectivity index (χ0n) is 21.7. The van der Waals surface area contributed by atoms with Crippen molar-refractivity contribution in [3.05, 3.63) is 95.6 Å². The Balaban J connectivity index is 0.000000532. The first kappa shape index (κ1) is 29.9. The molecule has 0 heterocycles. The molecular formula is C31H34F3NO4. The molecule has 4 rings (SSSR count). The highest BCUT2D eigenvalue weighted by molar-refractivity contribution is 5.88. The predicted octanol–water partition coefficient (Wildman–Crippen LogP) is 7.31. The van der Waals surface area contributed by atoms with Gasteiger partial charge in [-0.1, -0.05) is 79.9 Å². The second-order valence-corrected chi connectivity index (χ2v) is 9.86. The Kier molecular flexibility index (Phi) is 11.1. The maximum atomic E-state index is 11.1. The zero-order chi connectivity index (χ0) is 28.3. The summed E-state index contributed by atoms with van der Waals surface area (Å²) in [6.45, 7) is 3.19. The van der Waals surface area contributed by atoms with Crippen LogP contribution in [0.5, 0.6) is 0 Å². The summed E-state index contributed by atoms with van der Waals surface area (Å²) in [7, 11) is 0. The molecule has 3 aromatic carbocycles. The van der Waals surface area contributed by atoms with Gasteiger partial charge >= 0.3 is 18.1 Å². The van der Waals surface area contributed by atoms with E-state index in [1.165, 1.54) is 49.8 Å². The number of hydrogen-bond donors (Lipinski definition) is 2. The average Bonchev–Trinajstić information content (AvgIpc) is 2.93. The van der Waals surface area contributed by atoms with Gasteiger partial charge in [-0.3, -0.25) is 4.90 Å². The van der Waals surface area contributed by atoms with Gasteiger partial charge in [0.05, 0.1) is 5.56 Å². The molecule has 1 aliphatic carbocycles. The van der Waals surface area contributed by atoms with Crippen LogP contribution in [0.4, 0.5) is 13.2 Å². The first-order chi connectivity index (χ1) is 18.6. The number of benzene rings is 3. The maximum Gasteiger partial charge on any atom is 0.490 e. The van der Waals surface area contributed by atoms with Crippen molar-refractivity contribution >= 4 is 11.9 Å². The van der Waals surface area contributed by atoms with Gasteiger partial charge in [-0.2, -0.15) is 13.2 Å². The first-order valence-electron chi connectivity index (χ1n) is 13.1. The minimum Gasteiger partial charge on any atom is -0.478 e. The lowest BCUT2D eigenvalue weighted by molar-refractivity contribution is -0.192. The number of aromatic carboxylic acids is 1. The Morgan fingerprint density at radius 3 is 2.00 bits per heavy atom. The van der Waals surface area contributed by atoms with Gasteiger partial charge in [0, 0.05) is 19.6 Å². The van der Waals surface area contributed by atoms with Crippen molar-refractivity contribution in [3.8, 4) is 11.1 Å². The molecule has 1 aliphatic rings. The molecule has 39 heavy (non-hydrogen) atoms. The zero-order valence-corrected chi connectivity index (χ0v) is 21.7. The molecule has 5 nitrogen and oxygen atoms in total. The predicted molar refractivity (Wildman–Crippen MR) is 145 cm³/mol. The van der Waals surface area contributed by atoms with Gasteiger partial charge in [0.25, 0.3) is 0 Å². The largest absolute Gasteiger partial charge is 0.490 e. The number of nitrogens with zero attached hydrogens (tertiary/aromatic N) is 1. The van der Waals surface area contributed by atoms with Gasteiger partial charge in [0.2, 0.25) is 0 Å². The lowest BCUT2D eigenvalue weighted by Crippen LogP contribution is -2.32. The van der Waals surface area contributed by atoms with E-state index < -0.39 is 18.1 Å². The minimum atomic E-state index is -5.08. The van der Waals surface area contributed by atoms with Crippen LogP contribution in [0.1, 0.15) is 53.6 Å². The number of rotatable bonds is 9. The van der Waals surface area contributed by atoms with Gasteiger partial charge in [0.15, 0.2) is 0 Å². The van der Waals surface area contributed by atoms with E-state index in [4.69, 9.17) is 15.0 Å². The highest BCUT2D eigenvalue weighted by Gasteiger charge is 2.38. The van der Waals surface area contributed by atoms with E-state index in [9.17, 15) is 18.0 Å². The molecule has 2 N–H and O–H groups in total. The maximum absolute atomic E-state index is 11.1. The quantitative estimate of drug-likeness (QED) is 0.297. The number of hydrogen-bond acceptors (Lipinski definition) is 3. The van der Waals surface area contributed by atoms with Crippen LogP contribution in [-0.4, -0.2) is 46.3 Å². The summed E-state index contributed by atoms with van der Waals surface area (Å²) in [6, 6.07) is 26.6. The summed E-state index contributed by atoms with van der Waals surface area (Å²) in [4.78, 5) is 22.7. The van der Waals surface area contributed by atoms with E-state index >= 15 is 0 Å². The standard InChI is InChI=1S/C29H33NO2.C2HF3O2/c31-29(32)27-16-14-26(15-17-27)28-13-7-12-25(20-28)22-30(21-24-10-5-2-6-11-24)19-18-23-8-3-1-4-9-23;3-2(4,5)1(6)7/h1,3-4,7-9,12-17,20,24H,2,5-6,10-11,18-19,21-22H2,(H,31,32);(H,6,7). The Morgan fingerprint density at radius 1 is 0.795 bits per heavy atom. The monoisotopic (exact) mass is 541 g/mol. The summed E-state index contributed by atoms with van der Waals surface area (Å²) in [6.07, 6.45) is 2.85. The minimum absolute atomic E-state index is 0.324. The third kappa shape index (κ3) is 10.2. The molecule has 0 unspecified atom stereocenters. The topological polar surface area (TPSA) is 77.8 Å². The molecule has 3 aromatic rings. The number of carboxylic acid groups (broad SMARTS) is 2. The van der Waals surface area contributed by atoms with Crippen molar-refractivity contribution in [2.75, 3.05) is 13.1 Å². The van der Waals surface area contributed by atoms with E-state index in [0.29, 0.717) is 5.56 Å². The molecular weight excluding hydrogens is 507 g/mol. The Morgan fingerprint density at radius 2 is 1.41 bits per heavy atom. The highest BCUT2D eigenvalue weighted by atomic mass is 19.4. The fourth-order valence-electron chi connectivity index (χ4n) is 4.81. The number of aliphatic carboxylic acids is 1. The van der Waals surface area contributed by atoms with Crippen molar-refractivity contribution in [1.82, 2.24) is 4.90 Å². The molecule has 0 aliphatic heterocycles. The molecule has 0 aromatic heterocycles. The third-order valence-corrected chi connectivity index (χ3v) is 6.84. The van der Waals surface area contributed by atoms with Crippen LogP contribution in [-0.2, 0) is 17.8 Å². The van der Waals surface area contributed by atoms with E-state index in [1.54, 1.807) is 12.1 Å². The second-order valence-electron chi connectivity index (χ2n) is 9.86. The number of carbonyl (C=O) groups is 2. The molecule has 0 spiro atoms. The van der Waals surface area contributed by atoms with Crippen LogP contribution in [0.3, 0.4) is 0 Å². The molecule has 8 heteroatoms. The lowest BCUT2D eigenvalue weighted by atomic mass is 9.88. The molecule has 0 amide bonds. The Bertz CT molecular complexity index is 1190. The van der Waals surface area contributed by atoms with E-state index in [0.717, 1.165) is 36.6 Å². The van der Waals surface area contributed by atoms with Crippen LogP contribution >= 0.6 is 0 Å². The van der Waals surface area contributed by atoms with Gasteiger partial charge in [-0.15, -0.1) is 0 Å². The number of carboxylic acids is 2. The third-order valence-electron chi connectivity index (χ3n) is 6.84. The Hall–Kier alpha value is -3.65. The SMILES string of the molecule is O=C(O)C(F)(F)F.O=C(O)c1ccc(-c2cccc(CN(CCc3ccccc3)CC3CCCCC3)c2)cc1. The van der Waals surface area contributed by atoms with Crippen molar-refractivity contribution < 1.29 is 33.0 Å². The molecule has 1 saturated carbocycles. The molecule has 0 radical (unpaired) electrons. The van der Waals surface area contributed by atoms with Gasteiger partial charge in [-0.25, -0.2) is 9.59 Å². The fraction of sp³-hybridized carbons (Fsp3) is 0.355. The van der Waals surface area contributed by atoms with E-state index in [-0.39, 0.29) is 0 Å². The van der Waals surface area contributed by atoms with Crippen LogP contribution in [0.25, 0.3) is 11.1 Å². The molecule has 1 fully saturated rings. The molecule has 0 atom stereocenters. The summed E-state index contributed by atoms with van der Waals surface area (Å²) >= 11 is 0. The van der Waals surface area contributed by atoms with Crippen molar-refractivity contribution in [1.29, 1.82) is 0 Å². The van der Waals surface area contributed by atoms with Gasteiger partial charge in [-0.05, 0) is 65.6 Å². The number of alkyl halides is 3. The number of halogens is 3. The average molecular weight is 542 g/mol. The summed E-state index contributed by atoms with van der Waals surface area (Å²) < 4.78 is 31.7. The molecule has 0 bridgehead atoms.